The van der Waals surface area contributed by atoms with E-state index in [1.54, 1.807) is 4.68 Å². The van der Waals surface area contributed by atoms with Crippen LogP contribution in [0.3, 0.4) is 0 Å². The lowest BCUT2D eigenvalue weighted by Crippen LogP contribution is -2.28. The lowest BCUT2D eigenvalue weighted by atomic mass is 10.1. The molecule has 0 bridgehead atoms. The molecule has 0 aliphatic rings. The van der Waals surface area contributed by atoms with E-state index in [1.165, 1.54) is 11.8 Å². The van der Waals surface area contributed by atoms with Gasteiger partial charge in [-0.05, 0) is 47.2 Å². The van der Waals surface area contributed by atoms with Crippen molar-refractivity contribution in [1.82, 2.24) is 25.5 Å². The minimum atomic E-state index is -0.101. The Morgan fingerprint density at radius 3 is 2.64 bits per heavy atom. The molecule has 2 aromatic carbocycles. The van der Waals surface area contributed by atoms with E-state index >= 15 is 0 Å². The number of amides is 1. The number of hydrogen-bond donors (Lipinski definition) is 1. The maximum absolute atomic E-state index is 12.2. The van der Waals surface area contributed by atoms with Crippen molar-refractivity contribution in [3.8, 4) is 5.69 Å². The molecule has 0 fully saturated rings. The molecule has 3 rings (SSSR count). The van der Waals surface area contributed by atoms with Gasteiger partial charge in [-0.25, -0.2) is 0 Å². The molecular formula is C17H16ClN5OS. The van der Waals surface area contributed by atoms with E-state index < -0.39 is 0 Å². The predicted molar refractivity (Wildman–Crippen MR) is 97.9 cm³/mol. The van der Waals surface area contributed by atoms with Gasteiger partial charge in [0.2, 0.25) is 11.1 Å². The molecule has 25 heavy (non-hydrogen) atoms. The first-order chi connectivity index (χ1) is 12.1. The molecule has 0 saturated carbocycles. The molecule has 1 atom stereocenters. The van der Waals surface area contributed by atoms with Gasteiger partial charge in [-0.3, -0.25) is 4.79 Å². The molecule has 8 heteroatoms. The summed E-state index contributed by atoms with van der Waals surface area (Å²) < 4.78 is 1.61. The van der Waals surface area contributed by atoms with E-state index in [1.807, 2.05) is 61.5 Å². The Morgan fingerprint density at radius 1 is 1.20 bits per heavy atom. The van der Waals surface area contributed by atoms with Crippen LogP contribution in [0.25, 0.3) is 5.69 Å². The third kappa shape index (κ3) is 4.58. The number of halogens is 1. The van der Waals surface area contributed by atoms with Gasteiger partial charge in [-0.1, -0.05) is 53.7 Å². The van der Waals surface area contributed by atoms with Crippen molar-refractivity contribution in [2.24, 2.45) is 0 Å². The molecule has 0 aliphatic heterocycles. The summed E-state index contributed by atoms with van der Waals surface area (Å²) in [5, 5.41) is 15.8. The number of thioether (sulfide) groups is 1. The Labute approximate surface area is 154 Å². The van der Waals surface area contributed by atoms with Crippen LogP contribution < -0.4 is 5.32 Å². The van der Waals surface area contributed by atoms with Crippen molar-refractivity contribution < 1.29 is 4.79 Å². The van der Waals surface area contributed by atoms with Crippen LogP contribution in [0.1, 0.15) is 18.5 Å². The number of hydrogen-bond acceptors (Lipinski definition) is 5. The van der Waals surface area contributed by atoms with Gasteiger partial charge in [0.05, 0.1) is 17.5 Å². The van der Waals surface area contributed by atoms with Crippen LogP contribution in [0, 0.1) is 0 Å². The van der Waals surface area contributed by atoms with Crippen molar-refractivity contribution in [1.29, 1.82) is 0 Å². The summed E-state index contributed by atoms with van der Waals surface area (Å²) in [5.74, 6) is 0.139. The molecule has 0 unspecified atom stereocenters. The quantitative estimate of drug-likeness (QED) is 0.671. The second kappa shape index (κ2) is 8.13. The molecule has 0 aliphatic carbocycles. The Morgan fingerprint density at radius 2 is 1.92 bits per heavy atom. The number of rotatable bonds is 6. The molecule has 0 saturated heterocycles. The summed E-state index contributed by atoms with van der Waals surface area (Å²) >= 11 is 7.17. The second-order valence-corrected chi connectivity index (χ2v) is 6.72. The SMILES string of the molecule is C[C@H](NC(=O)CSc1nnnn1-c1ccccc1)c1ccc(Cl)cc1. The Balaban J connectivity index is 1.58. The number of tetrazole rings is 1. The molecule has 1 N–H and O–H groups in total. The number of aromatic nitrogens is 4. The highest BCUT2D eigenvalue weighted by Gasteiger charge is 2.13. The highest BCUT2D eigenvalue weighted by atomic mass is 35.5. The Bertz CT molecular complexity index is 838. The minimum absolute atomic E-state index is 0.0879. The van der Waals surface area contributed by atoms with Gasteiger partial charge in [0.15, 0.2) is 0 Å². The Hall–Kier alpha value is -2.38. The fourth-order valence-corrected chi connectivity index (χ4v) is 3.08. The number of nitrogens with zero attached hydrogens (tertiary/aromatic N) is 4. The van der Waals surface area contributed by atoms with Crippen molar-refractivity contribution in [3.05, 3.63) is 65.2 Å². The first kappa shape index (κ1) is 17.4. The summed E-state index contributed by atoms with van der Waals surface area (Å²) in [6.07, 6.45) is 0. The molecule has 0 radical (unpaired) electrons. The molecule has 1 amide bonds. The molecule has 128 valence electrons. The smallest absolute Gasteiger partial charge is 0.230 e. The lowest BCUT2D eigenvalue weighted by Gasteiger charge is -2.14. The average Bonchev–Trinajstić information content (AvgIpc) is 3.10. The minimum Gasteiger partial charge on any atom is -0.349 e. The van der Waals surface area contributed by atoms with Crippen LogP contribution >= 0.6 is 23.4 Å². The van der Waals surface area contributed by atoms with Crippen molar-refractivity contribution in [2.45, 2.75) is 18.1 Å². The van der Waals surface area contributed by atoms with Crippen LogP contribution in [-0.4, -0.2) is 31.9 Å². The molecule has 1 aromatic heterocycles. The zero-order chi connectivity index (χ0) is 17.6. The van der Waals surface area contributed by atoms with E-state index in [4.69, 9.17) is 11.6 Å². The van der Waals surface area contributed by atoms with Gasteiger partial charge >= 0.3 is 0 Å². The van der Waals surface area contributed by atoms with E-state index in [9.17, 15) is 4.79 Å². The molecular weight excluding hydrogens is 358 g/mol. The van der Waals surface area contributed by atoms with Gasteiger partial charge in [0, 0.05) is 5.02 Å². The highest BCUT2D eigenvalue weighted by Crippen LogP contribution is 2.19. The fourth-order valence-electron chi connectivity index (χ4n) is 2.25. The van der Waals surface area contributed by atoms with E-state index in [0.29, 0.717) is 10.2 Å². The van der Waals surface area contributed by atoms with Crippen LogP contribution in [0.2, 0.25) is 5.02 Å². The van der Waals surface area contributed by atoms with Crippen LogP contribution in [0.5, 0.6) is 0 Å². The normalized spacial score (nSPS) is 11.9. The zero-order valence-electron chi connectivity index (χ0n) is 13.5. The highest BCUT2D eigenvalue weighted by molar-refractivity contribution is 7.99. The van der Waals surface area contributed by atoms with E-state index in [0.717, 1.165) is 11.3 Å². The van der Waals surface area contributed by atoms with Gasteiger partial charge < -0.3 is 5.32 Å². The largest absolute Gasteiger partial charge is 0.349 e. The van der Waals surface area contributed by atoms with Gasteiger partial charge in [0.1, 0.15) is 0 Å². The number of benzene rings is 2. The number of carbonyl (C=O) groups excluding carboxylic acids is 1. The van der Waals surface area contributed by atoms with E-state index in [-0.39, 0.29) is 17.7 Å². The lowest BCUT2D eigenvalue weighted by molar-refractivity contribution is -0.119. The standard InChI is InChI=1S/C17H16ClN5OS/c1-12(13-7-9-14(18)10-8-13)19-16(24)11-25-17-20-21-22-23(17)15-5-3-2-4-6-15/h2-10,12H,11H2,1H3,(H,19,24)/t12-/m0/s1. The van der Waals surface area contributed by atoms with E-state index in [2.05, 4.69) is 20.8 Å². The third-order valence-corrected chi connectivity index (χ3v) is 4.69. The monoisotopic (exact) mass is 373 g/mol. The third-order valence-electron chi connectivity index (χ3n) is 3.52. The molecule has 6 nitrogen and oxygen atoms in total. The number of nitrogens with one attached hydrogen (secondary N) is 1. The first-order valence-electron chi connectivity index (χ1n) is 7.65. The summed E-state index contributed by atoms with van der Waals surface area (Å²) in [5.41, 5.74) is 1.85. The van der Waals surface area contributed by atoms with Crippen molar-refractivity contribution in [2.75, 3.05) is 5.75 Å². The summed E-state index contributed by atoms with van der Waals surface area (Å²) in [7, 11) is 0. The van der Waals surface area contributed by atoms with Crippen molar-refractivity contribution in [3.63, 3.8) is 0 Å². The van der Waals surface area contributed by atoms with Gasteiger partial charge in [-0.2, -0.15) is 4.68 Å². The average molecular weight is 374 g/mol. The predicted octanol–water partition coefficient (Wildman–Crippen LogP) is 3.29. The summed E-state index contributed by atoms with van der Waals surface area (Å²) in [6.45, 7) is 1.93. The molecule has 0 spiro atoms. The summed E-state index contributed by atoms with van der Waals surface area (Å²) in [6, 6.07) is 16.9. The second-order valence-electron chi connectivity index (χ2n) is 5.34. The number of carbonyl (C=O) groups is 1. The maximum Gasteiger partial charge on any atom is 0.230 e. The topological polar surface area (TPSA) is 72.7 Å². The first-order valence-corrected chi connectivity index (χ1v) is 9.01. The van der Waals surface area contributed by atoms with Gasteiger partial charge in [-0.15, -0.1) is 5.10 Å². The fraction of sp³-hybridized carbons (Fsp3) is 0.176. The molecule has 1 heterocycles. The number of para-hydroxylation sites is 1. The Kier molecular flexibility index (Phi) is 5.67. The van der Waals surface area contributed by atoms with Crippen LogP contribution in [0.15, 0.2) is 59.8 Å². The van der Waals surface area contributed by atoms with Gasteiger partial charge in [0.25, 0.3) is 0 Å². The van der Waals surface area contributed by atoms with Crippen LogP contribution in [-0.2, 0) is 4.79 Å². The zero-order valence-corrected chi connectivity index (χ0v) is 15.0. The van der Waals surface area contributed by atoms with Crippen molar-refractivity contribution >= 4 is 29.3 Å². The molecule has 3 aromatic rings. The summed E-state index contributed by atoms with van der Waals surface area (Å²) in [4.78, 5) is 12.2. The maximum atomic E-state index is 12.2. The van der Waals surface area contributed by atoms with Crippen LogP contribution in [0.4, 0.5) is 0 Å².